The zero-order valence-corrected chi connectivity index (χ0v) is 10.2. The first-order chi connectivity index (χ1) is 9.22. The maximum Gasteiger partial charge on any atom is 0.225 e. The summed E-state index contributed by atoms with van der Waals surface area (Å²) in [5.74, 6) is 0.391. The molecular formula is C13H11FN4O. The number of hydrogen-bond acceptors (Lipinski definition) is 5. The van der Waals surface area contributed by atoms with E-state index in [1.165, 1.54) is 12.1 Å². The molecule has 1 aromatic carbocycles. The van der Waals surface area contributed by atoms with E-state index in [0.29, 0.717) is 18.4 Å². The molecule has 1 N–H and O–H groups in total. The van der Waals surface area contributed by atoms with E-state index in [4.69, 9.17) is 10.00 Å². The Balaban J connectivity index is 2.19. The van der Waals surface area contributed by atoms with Gasteiger partial charge < -0.3 is 10.1 Å². The zero-order chi connectivity index (χ0) is 13.7. The lowest BCUT2D eigenvalue weighted by Crippen LogP contribution is -2.02. The zero-order valence-electron chi connectivity index (χ0n) is 10.2. The summed E-state index contributed by atoms with van der Waals surface area (Å²) in [6.45, 7) is 2.61. The fourth-order valence-corrected chi connectivity index (χ4v) is 1.41. The van der Waals surface area contributed by atoms with E-state index >= 15 is 0 Å². The van der Waals surface area contributed by atoms with Crippen LogP contribution in [0.2, 0.25) is 0 Å². The summed E-state index contributed by atoms with van der Waals surface area (Å²) in [5, 5.41) is 11.6. The Labute approximate surface area is 109 Å². The van der Waals surface area contributed by atoms with Crippen molar-refractivity contribution in [3.63, 3.8) is 0 Å². The molecule has 0 spiro atoms. The second-order valence-corrected chi connectivity index (χ2v) is 3.60. The Morgan fingerprint density at radius 2 is 2.26 bits per heavy atom. The smallest absolute Gasteiger partial charge is 0.225 e. The van der Waals surface area contributed by atoms with E-state index in [1.54, 1.807) is 18.3 Å². The molecule has 0 fully saturated rings. The van der Waals surface area contributed by atoms with Gasteiger partial charge in [0.15, 0.2) is 0 Å². The molecule has 0 aliphatic rings. The average molecular weight is 258 g/mol. The number of ether oxygens (including phenoxy) is 1. The number of hydrogen-bond donors (Lipinski definition) is 1. The van der Waals surface area contributed by atoms with Crippen molar-refractivity contribution in [3.8, 4) is 17.7 Å². The van der Waals surface area contributed by atoms with E-state index in [9.17, 15) is 4.39 Å². The molecule has 5 nitrogen and oxygen atoms in total. The molecule has 96 valence electrons. The van der Waals surface area contributed by atoms with Crippen LogP contribution in [0.3, 0.4) is 0 Å². The van der Waals surface area contributed by atoms with Gasteiger partial charge in [0.1, 0.15) is 17.6 Å². The van der Waals surface area contributed by atoms with Gasteiger partial charge in [0.25, 0.3) is 0 Å². The number of rotatable bonds is 4. The molecule has 0 atom stereocenters. The molecule has 6 heteroatoms. The van der Waals surface area contributed by atoms with Gasteiger partial charge in [-0.1, -0.05) is 0 Å². The fourth-order valence-electron chi connectivity index (χ4n) is 1.41. The van der Waals surface area contributed by atoms with Gasteiger partial charge in [-0.15, -0.1) is 0 Å². The van der Waals surface area contributed by atoms with Crippen molar-refractivity contribution in [2.45, 2.75) is 6.92 Å². The standard InChI is InChI=1S/C13H11FN4O/c1-2-16-13-17-6-5-12(18-13)19-10-4-3-9(8-15)11(14)7-10/h3-7H,2H2,1H3,(H,16,17,18). The summed E-state index contributed by atoms with van der Waals surface area (Å²) in [4.78, 5) is 8.09. The highest BCUT2D eigenvalue weighted by Gasteiger charge is 2.05. The highest BCUT2D eigenvalue weighted by Crippen LogP contribution is 2.22. The Kier molecular flexibility index (Phi) is 3.88. The van der Waals surface area contributed by atoms with Crippen LogP contribution in [-0.4, -0.2) is 16.5 Å². The predicted molar refractivity (Wildman–Crippen MR) is 67.4 cm³/mol. The van der Waals surface area contributed by atoms with Crippen LogP contribution in [0.15, 0.2) is 30.5 Å². The van der Waals surface area contributed by atoms with E-state index in [2.05, 4.69) is 15.3 Å². The highest BCUT2D eigenvalue weighted by atomic mass is 19.1. The van der Waals surface area contributed by atoms with Gasteiger partial charge >= 0.3 is 0 Å². The van der Waals surface area contributed by atoms with Gasteiger partial charge in [0, 0.05) is 24.9 Å². The molecule has 0 saturated heterocycles. The van der Waals surface area contributed by atoms with Crippen molar-refractivity contribution in [2.24, 2.45) is 0 Å². The summed E-state index contributed by atoms with van der Waals surface area (Å²) < 4.78 is 18.8. The molecule has 1 aromatic heterocycles. The maximum atomic E-state index is 13.4. The van der Waals surface area contributed by atoms with Gasteiger partial charge in [0.2, 0.25) is 11.8 Å². The molecular weight excluding hydrogens is 247 g/mol. The van der Waals surface area contributed by atoms with Crippen LogP contribution in [0.25, 0.3) is 0 Å². The molecule has 2 rings (SSSR count). The summed E-state index contributed by atoms with van der Waals surface area (Å²) >= 11 is 0. The molecule has 0 unspecified atom stereocenters. The second kappa shape index (κ2) is 5.78. The molecule has 0 aliphatic heterocycles. The van der Waals surface area contributed by atoms with Gasteiger partial charge in [-0.2, -0.15) is 10.2 Å². The molecule has 19 heavy (non-hydrogen) atoms. The number of aromatic nitrogens is 2. The maximum absolute atomic E-state index is 13.4. The molecule has 0 amide bonds. The lowest BCUT2D eigenvalue weighted by molar-refractivity contribution is 0.457. The molecule has 0 saturated carbocycles. The first kappa shape index (κ1) is 12.8. The first-order valence-electron chi connectivity index (χ1n) is 5.67. The van der Waals surface area contributed by atoms with Crippen LogP contribution in [0.1, 0.15) is 12.5 Å². The third-order valence-electron chi connectivity index (χ3n) is 2.25. The number of anilines is 1. The Hall–Kier alpha value is -2.68. The van der Waals surface area contributed by atoms with E-state index in [0.717, 1.165) is 6.07 Å². The number of nitrogens with zero attached hydrogens (tertiary/aromatic N) is 3. The molecule has 0 aliphatic carbocycles. The summed E-state index contributed by atoms with van der Waals surface area (Å²) in [6, 6.07) is 7.33. The van der Waals surface area contributed by atoms with Crippen molar-refractivity contribution < 1.29 is 9.13 Å². The summed E-state index contributed by atoms with van der Waals surface area (Å²) in [6.07, 6.45) is 1.54. The molecule has 2 aromatic rings. The minimum absolute atomic E-state index is 0.0247. The normalized spacial score (nSPS) is 9.74. The van der Waals surface area contributed by atoms with Crippen LogP contribution >= 0.6 is 0 Å². The van der Waals surface area contributed by atoms with Crippen LogP contribution in [-0.2, 0) is 0 Å². The van der Waals surface area contributed by atoms with E-state index in [1.807, 2.05) is 6.92 Å². The fraction of sp³-hybridized carbons (Fsp3) is 0.154. The van der Waals surface area contributed by atoms with Crippen LogP contribution in [0.5, 0.6) is 11.6 Å². The molecule has 0 bridgehead atoms. The van der Waals surface area contributed by atoms with Crippen LogP contribution < -0.4 is 10.1 Å². The molecule has 1 heterocycles. The first-order valence-corrected chi connectivity index (χ1v) is 5.67. The minimum atomic E-state index is -0.624. The largest absolute Gasteiger partial charge is 0.439 e. The average Bonchev–Trinajstić information content (AvgIpc) is 2.40. The Bertz CT molecular complexity index is 624. The summed E-state index contributed by atoms with van der Waals surface area (Å²) in [7, 11) is 0. The third-order valence-corrected chi connectivity index (χ3v) is 2.25. The van der Waals surface area contributed by atoms with E-state index in [-0.39, 0.29) is 11.3 Å². The third kappa shape index (κ3) is 3.16. The number of nitriles is 1. The minimum Gasteiger partial charge on any atom is -0.439 e. The van der Waals surface area contributed by atoms with Crippen molar-refractivity contribution in [2.75, 3.05) is 11.9 Å². The lowest BCUT2D eigenvalue weighted by Gasteiger charge is -2.06. The number of benzene rings is 1. The van der Waals surface area contributed by atoms with Crippen LogP contribution in [0, 0.1) is 17.1 Å². The monoisotopic (exact) mass is 258 g/mol. The van der Waals surface area contributed by atoms with Crippen molar-refractivity contribution >= 4 is 5.95 Å². The lowest BCUT2D eigenvalue weighted by atomic mass is 10.2. The SMILES string of the molecule is CCNc1nccc(Oc2ccc(C#N)c(F)c2)n1. The number of nitrogens with one attached hydrogen (secondary N) is 1. The van der Waals surface area contributed by atoms with Gasteiger partial charge in [-0.3, -0.25) is 0 Å². The van der Waals surface area contributed by atoms with Crippen molar-refractivity contribution in [1.29, 1.82) is 5.26 Å². The van der Waals surface area contributed by atoms with Crippen LogP contribution in [0.4, 0.5) is 10.3 Å². The van der Waals surface area contributed by atoms with Gasteiger partial charge in [0.05, 0.1) is 5.56 Å². The highest BCUT2D eigenvalue weighted by molar-refractivity contribution is 5.38. The van der Waals surface area contributed by atoms with Gasteiger partial charge in [-0.05, 0) is 19.1 Å². The summed E-state index contributed by atoms with van der Waals surface area (Å²) in [5.41, 5.74) is -0.0247. The Morgan fingerprint density at radius 1 is 1.42 bits per heavy atom. The second-order valence-electron chi connectivity index (χ2n) is 3.60. The van der Waals surface area contributed by atoms with Gasteiger partial charge in [-0.25, -0.2) is 9.37 Å². The van der Waals surface area contributed by atoms with E-state index < -0.39 is 5.82 Å². The van der Waals surface area contributed by atoms with Crippen molar-refractivity contribution in [3.05, 3.63) is 41.8 Å². The topological polar surface area (TPSA) is 70.8 Å². The Morgan fingerprint density at radius 3 is 2.95 bits per heavy atom. The quantitative estimate of drug-likeness (QED) is 0.912. The van der Waals surface area contributed by atoms with Crippen molar-refractivity contribution in [1.82, 2.24) is 9.97 Å². The predicted octanol–water partition coefficient (Wildman–Crippen LogP) is 2.71. The number of halogens is 1. The molecule has 0 radical (unpaired) electrons.